The first-order valence-corrected chi connectivity index (χ1v) is 7.25. The summed E-state index contributed by atoms with van der Waals surface area (Å²) >= 11 is 0. The van der Waals surface area contributed by atoms with E-state index in [9.17, 15) is 0 Å². The number of nitrogens with two attached hydrogens (primary N) is 1. The lowest BCUT2D eigenvalue weighted by molar-refractivity contribution is 0.161. The van der Waals surface area contributed by atoms with Crippen LogP contribution in [0, 0.1) is 5.92 Å². The van der Waals surface area contributed by atoms with Gasteiger partial charge in [0, 0.05) is 12.6 Å². The third-order valence-electron chi connectivity index (χ3n) is 4.26. The molecule has 2 nitrogen and oxygen atoms in total. The second kappa shape index (κ2) is 6.91. The van der Waals surface area contributed by atoms with Crippen LogP contribution in [0.4, 0.5) is 0 Å². The number of hydrogen-bond donors (Lipinski definition) is 1. The molecule has 0 saturated heterocycles. The van der Waals surface area contributed by atoms with Crippen molar-refractivity contribution in [2.45, 2.75) is 44.7 Å². The molecule has 18 heavy (non-hydrogen) atoms. The predicted octanol–water partition coefficient (Wildman–Crippen LogP) is 3.03. The van der Waals surface area contributed by atoms with E-state index in [2.05, 4.69) is 42.3 Å². The van der Waals surface area contributed by atoms with Gasteiger partial charge >= 0.3 is 0 Å². The van der Waals surface area contributed by atoms with E-state index < -0.39 is 0 Å². The smallest absolute Gasteiger partial charge is 0.0233 e. The number of benzene rings is 1. The first-order chi connectivity index (χ1) is 8.81. The van der Waals surface area contributed by atoms with Gasteiger partial charge in [0.05, 0.1) is 0 Å². The molecular formula is C16H26N2. The summed E-state index contributed by atoms with van der Waals surface area (Å²) < 4.78 is 0. The maximum absolute atomic E-state index is 5.97. The largest absolute Gasteiger partial charge is 0.330 e. The minimum absolute atomic E-state index is 0.665. The quantitative estimate of drug-likeness (QED) is 0.827. The highest BCUT2D eigenvalue weighted by molar-refractivity contribution is 5.14. The van der Waals surface area contributed by atoms with E-state index in [1.54, 1.807) is 0 Å². The lowest BCUT2D eigenvalue weighted by Crippen LogP contribution is -2.40. The molecule has 2 unspecified atom stereocenters. The van der Waals surface area contributed by atoms with Gasteiger partial charge in [-0.05, 0) is 37.9 Å². The van der Waals surface area contributed by atoms with Crippen LogP contribution in [0.2, 0.25) is 0 Å². The van der Waals surface area contributed by atoms with E-state index in [-0.39, 0.29) is 0 Å². The van der Waals surface area contributed by atoms with Gasteiger partial charge in [0.2, 0.25) is 0 Å². The van der Waals surface area contributed by atoms with Gasteiger partial charge in [-0.15, -0.1) is 0 Å². The zero-order valence-corrected chi connectivity index (χ0v) is 11.5. The third kappa shape index (κ3) is 3.56. The molecule has 2 heteroatoms. The fourth-order valence-electron chi connectivity index (χ4n) is 3.21. The maximum Gasteiger partial charge on any atom is 0.0233 e. The van der Waals surface area contributed by atoms with Crippen molar-refractivity contribution in [3.05, 3.63) is 35.9 Å². The molecule has 100 valence electrons. The summed E-state index contributed by atoms with van der Waals surface area (Å²) in [6, 6.07) is 11.4. The fourth-order valence-corrected chi connectivity index (χ4v) is 3.21. The minimum atomic E-state index is 0.665. The Kier molecular flexibility index (Phi) is 5.21. The molecule has 1 aromatic carbocycles. The summed E-state index contributed by atoms with van der Waals surface area (Å²) in [5, 5.41) is 0. The van der Waals surface area contributed by atoms with Crippen LogP contribution in [0.25, 0.3) is 0 Å². The van der Waals surface area contributed by atoms with Crippen molar-refractivity contribution in [3.63, 3.8) is 0 Å². The minimum Gasteiger partial charge on any atom is -0.330 e. The highest BCUT2D eigenvalue weighted by Crippen LogP contribution is 2.27. The van der Waals surface area contributed by atoms with Gasteiger partial charge in [-0.25, -0.2) is 0 Å². The summed E-state index contributed by atoms with van der Waals surface area (Å²) in [4.78, 5) is 2.51. The van der Waals surface area contributed by atoms with Crippen molar-refractivity contribution < 1.29 is 0 Å². The lowest BCUT2D eigenvalue weighted by Gasteiger charge is -2.33. The number of hydrogen-bond acceptors (Lipinski definition) is 2. The molecule has 0 bridgehead atoms. The number of nitrogens with zero attached hydrogens (tertiary/aromatic N) is 1. The van der Waals surface area contributed by atoms with Crippen molar-refractivity contribution in [1.82, 2.24) is 4.90 Å². The second-order valence-corrected chi connectivity index (χ2v) is 5.60. The van der Waals surface area contributed by atoms with Crippen molar-refractivity contribution in [3.8, 4) is 0 Å². The first-order valence-electron chi connectivity index (χ1n) is 7.25. The van der Waals surface area contributed by atoms with Gasteiger partial charge in [0.1, 0.15) is 0 Å². The Labute approximate surface area is 111 Å². The average Bonchev–Trinajstić information content (AvgIpc) is 2.64. The summed E-state index contributed by atoms with van der Waals surface area (Å²) in [5.74, 6) is 0.682. The van der Waals surface area contributed by atoms with Crippen LogP contribution >= 0.6 is 0 Å². The van der Waals surface area contributed by atoms with E-state index in [1.165, 1.54) is 37.7 Å². The van der Waals surface area contributed by atoms with Gasteiger partial charge < -0.3 is 5.73 Å². The Morgan fingerprint density at radius 3 is 2.56 bits per heavy atom. The van der Waals surface area contributed by atoms with Crippen molar-refractivity contribution in [2.75, 3.05) is 13.6 Å². The van der Waals surface area contributed by atoms with Gasteiger partial charge in [-0.3, -0.25) is 4.90 Å². The Bertz CT molecular complexity index is 336. The first kappa shape index (κ1) is 13.6. The van der Waals surface area contributed by atoms with Crippen LogP contribution < -0.4 is 5.73 Å². The standard InChI is InChI=1S/C16H26N2/c1-18(13-14-8-4-2-5-9-14)16-11-7-3-6-10-15(16)12-17/h2,4-5,8-9,15-16H,3,6-7,10-13,17H2,1H3. The molecule has 0 radical (unpaired) electrons. The van der Waals surface area contributed by atoms with Gasteiger partial charge in [0.25, 0.3) is 0 Å². The molecule has 1 saturated carbocycles. The molecule has 0 amide bonds. The van der Waals surface area contributed by atoms with Crippen LogP contribution in [-0.4, -0.2) is 24.5 Å². The van der Waals surface area contributed by atoms with Crippen LogP contribution in [0.3, 0.4) is 0 Å². The molecule has 0 spiro atoms. The normalized spacial score (nSPS) is 25.1. The summed E-state index contributed by atoms with van der Waals surface area (Å²) in [5.41, 5.74) is 7.37. The van der Waals surface area contributed by atoms with Gasteiger partial charge in [0.15, 0.2) is 0 Å². The molecule has 1 aliphatic carbocycles. The van der Waals surface area contributed by atoms with Crippen molar-refractivity contribution >= 4 is 0 Å². The Morgan fingerprint density at radius 2 is 1.83 bits per heavy atom. The Balaban J connectivity index is 1.99. The van der Waals surface area contributed by atoms with E-state index in [1.807, 2.05) is 0 Å². The van der Waals surface area contributed by atoms with Crippen LogP contribution in [0.5, 0.6) is 0 Å². The SMILES string of the molecule is CN(Cc1ccccc1)C1CCCCCC1CN. The molecule has 1 aliphatic rings. The zero-order valence-electron chi connectivity index (χ0n) is 11.5. The predicted molar refractivity (Wildman–Crippen MR) is 77.3 cm³/mol. The molecule has 1 aromatic rings. The highest BCUT2D eigenvalue weighted by Gasteiger charge is 2.25. The number of rotatable bonds is 4. The molecule has 2 N–H and O–H groups in total. The molecule has 0 heterocycles. The molecule has 0 aromatic heterocycles. The van der Waals surface area contributed by atoms with E-state index >= 15 is 0 Å². The van der Waals surface area contributed by atoms with E-state index in [4.69, 9.17) is 5.73 Å². The van der Waals surface area contributed by atoms with Crippen LogP contribution in [-0.2, 0) is 6.54 Å². The van der Waals surface area contributed by atoms with Gasteiger partial charge in [-0.1, -0.05) is 49.6 Å². The lowest BCUT2D eigenvalue weighted by atomic mass is 9.93. The molecular weight excluding hydrogens is 220 g/mol. The molecule has 0 aliphatic heterocycles. The summed E-state index contributed by atoms with van der Waals surface area (Å²) in [6.07, 6.45) is 6.72. The summed E-state index contributed by atoms with van der Waals surface area (Å²) in [7, 11) is 2.26. The van der Waals surface area contributed by atoms with Gasteiger partial charge in [-0.2, -0.15) is 0 Å². The Hall–Kier alpha value is -0.860. The summed E-state index contributed by atoms with van der Waals surface area (Å²) in [6.45, 7) is 1.88. The molecule has 2 atom stereocenters. The third-order valence-corrected chi connectivity index (χ3v) is 4.26. The van der Waals surface area contributed by atoms with E-state index in [0.717, 1.165) is 13.1 Å². The van der Waals surface area contributed by atoms with E-state index in [0.29, 0.717) is 12.0 Å². The Morgan fingerprint density at radius 1 is 1.11 bits per heavy atom. The average molecular weight is 246 g/mol. The van der Waals surface area contributed by atoms with Crippen LogP contribution in [0.15, 0.2) is 30.3 Å². The van der Waals surface area contributed by atoms with Crippen molar-refractivity contribution in [1.29, 1.82) is 0 Å². The monoisotopic (exact) mass is 246 g/mol. The maximum atomic E-state index is 5.97. The molecule has 1 fully saturated rings. The highest BCUT2D eigenvalue weighted by atomic mass is 15.1. The molecule has 2 rings (SSSR count). The van der Waals surface area contributed by atoms with Crippen LogP contribution in [0.1, 0.15) is 37.7 Å². The topological polar surface area (TPSA) is 29.3 Å². The fraction of sp³-hybridized carbons (Fsp3) is 0.625. The zero-order chi connectivity index (χ0) is 12.8. The second-order valence-electron chi connectivity index (χ2n) is 5.60. The van der Waals surface area contributed by atoms with Crippen molar-refractivity contribution in [2.24, 2.45) is 11.7 Å².